The molecule has 0 radical (unpaired) electrons. The average molecular weight is 221 g/mol. The fourth-order valence-corrected chi connectivity index (χ4v) is 2.31. The third kappa shape index (κ3) is 1.04. The van der Waals surface area contributed by atoms with Crippen LogP contribution in [0.5, 0.6) is 0 Å². The van der Waals surface area contributed by atoms with Gasteiger partial charge < -0.3 is 10.4 Å². The lowest BCUT2D eigenvalue weighted by atomic mass is 10.3. The molecule has 0 saturated heterocycles. The van der Waals surface area contributed by atoms with E-state index in [1.54, 1.807) is 11.0 Å². The van der Waals surface area contributed by atoms with Crippen molar-refractivity contribution in [3.05, 3.63) is 22.5 Å². The van der Waals surface area contributed by atoms with E-state index in [0.29, 0.717) is 12.4 Å². The standard InChI is InChI=1S/C10H11N3O3/c14-5-6-4-12-9(16)3-11-7-1-2-8(15)13(6)10(7)12/h1-2,6,11,14H,3-5H2/t6-/m0/s1. The molecule has 0 aromatic carbocycles. The smallest absolute Gasteiger partial charge is 0.252 e. The highest BCUT2D eigenvalue weighted by Gasteiger charge is 2.36. The molecule has 0 bridgehead atoms. The van der Waals surface area contributed by atoms with E-state index in [4.69, 9.17) is 0 Å². The normalized spacial score (nSPS) is 21.9. The number of aliphatic hydroxyl groups excluding tert-OH is 1. The Morgan fingerprint density at radius 1 is 1.44 bits per heavy atom. The van der Waals surface area contributed by atoms with Gasteiger partial charge in [0.15, 0.2) is 0 Å². The zero-order chi connectivity index (χ0) is 11.3. The first kappa shape index (κ1) is 9.41. The summed E-state index contributed by atoms with van der Waals surface area (Å²) in [6.45, 7) is 0.479. The van der Waals surface area contributed by atoms with Crippen LogP contribution in [0.1, 0.15) is 6.04 Å². The van der Waals surface area contributed by atoms with Gasteiger partial charge in [0.2, 0.25) is 5.91 Å². The number of hydrogen-bond donors (Lipinski definition) is 2. The second-order valence-electron chi connectivity index (χ2n) is 3.97. The summed E-state index contributed by atoms with van der Waals surface area (Å²) in [4.78, 5) is 24.9. The topological polar surface area (TPSA) is 74.6 Å². The molecule has 1 amide bonds. The molecule has 2 aliphatic heterocycles. The summed E-state index contributed by atoms with van der Waals surface area (Å²) in [7, 11) is 0. The summed E-state index contributed by atoms with van der Waals surface area (Å²) in [6, 6.07) is 2.80. The fourth-order valence-electron chi connectivity index (χ4n) is 2.31. The van der Waals surface area contributed by atoms with Crippen molar-refractivity contribution in [2.45, 2.75) is 6.04 Å². The Hall–Kier alpha value is -1.82. The Labute approximate surface area is 91.1 Å². The first-order valence-electron chi connectivity index (χ1n) is 5.13. The minimum Gasteiger partial charge on any atom is -0.394 e. The van der Waals surface area contributed by atoms with Gasteiger partial charge in [-0.25, -0.2) is 0 Å². The largest absolute Gasteiger partial charge is 0.394 e. The third-order valence-electron chi connectivity index (χ3n) is 3.06. The molecule has 2 N–H and O–H groups in total. The van der Waals surface area contributed by atoms with Crippen molar-refractivity contribution in [2.75, 3.05) is 29.9 Å². The van der Waals surface area contributed by atoms with Crippen molar-refractivity contribution in [1.29, 1.82) is 0 Å². The summed E-state index contributed by atoms with van der Waals surface area (Å²) >= 11 is 0. The van der Waals surface area contributed by atoms with Gasteiger partial charge in [0.25, 0.3) is 5.56 Å². The van der Waals surface area contributed by atoms with Gasteiger partial charge in [0, 0.05) is 6.07 Å². The number of carbonyl (C=O) groups is 1. The monoisotopic (exact) mass is 221 g/mol. The summed E-state index contributed by atoms with van der Waals surface area (Å²) < 4.78 is 1.49. The van der Waals surface area contributed by atoms with Crippen LogP contribution in [-0.2, 0) is 4.79 Å². The van der Waals surface area contributed by atoms with E-state index >= 15 is 0 Å². The first-order chi connectivity index (χ1) is 7.72. The first-order valence-corrected chi connectivity index (χ1v) is 5.13. The van der Waals surface area contributed by atoms with Crippen molar-refractivity contribution in [3.8, 4) is 0 Å². The maximum atomic E-state index is 11.7. The molecule has 6 heteroatoms. The molecule has 0 spiro atoms. The Balaban J connectivity index is 2.27. The zero-order valence-corrected chi connectivity index (χ0v) is 8.51. The van der Waals surface area contributed by atoms with Crippen LogP contribution in [0, 0.1) is 0 Å². The van der Waals surface area contributed by atoms with Crippen LogP contribution in [0.25, 0.3) is 0 Å². The van der Waals surface area contributed by atoms with Crippen molar-refractivity contribution >= 4 is 17.4 Å². The molecule has 0 unspecified atom stereocenters. The number of nitrogens with one attached hydrogen (secondary N) is 1. The Kier molecular flexibility index (Phi) is 1.81. The van der Waals surface area contributed by atoms with Gasteiger partial charge in [-0.15, -0.1) is 0 Å². The van der Waals surface area contributed by atoms with Crippen molar-refractivity contribution in [3.63, 3.8) is 0 Å². The molecular weight excluding hydrogens is 210 g/mol. The molecule has 0 aliphatic carbocycles. The second-order valence-corrected chi connectivity index (χ2v) is 3.97. The van der Waals surface area contributed by atoms with Crippen molar-refractivity contribution in [1.82, 2.24) is 4.57 Å². The van der Waals surface area contributed by atoms with Crippen LogP contribution in [0.2, 0.25) is 0 Å². The van der Waals surface area contributed by atoms with Gasteiger partial charge in [-0.3, -0.25) is 19.1 Å². The molecule has 84 valence electrons. The van der Waals surface area contributed by atoms with E-state index in [0.717, 1.165) is 5.69 Å². The lowest BCUT2D eigenvalue weighted by molar-refractivity contribution is -0.117. The highest BCUT2D eigenvalue weighted by molar-refractivity contribution is 6.02. The SMILES string of the molecule is O=C1CNc2ccc(=O)n3c2N1C[C@H]3CO. The molecule has 3 heterocycles. The molecule has 0 saturated carbocycles. The Morgan fingerprint density at radius 3 is 3.00 bits per heavy atom. The van der Waals surface area contributed by atoms with Crippen LogP contribution < -0.4 is 15.8 Å². The second kappa shape index (κ2) is 3.08. The van der Waals surface area contributed by atoms with Gasteiger partial charge in [-0.05, 0) is 6.07 Å². The van der Waals surface area contributed by atoms with Crippen LogP contribution in [0.3, 0.4) is 0 Å². The number of aliphatic hydroxyl groups is 1. The third-order valence-corrected chi connectivity index (χ3v) is 3.06. The molecule has 16 heavy (non-hydrogen) atoms. The van der Waals surface area contributed by atoms with Gasteiger partial charge in [0.1, 0.15) is 5.82 Å². The average Bonchev–Trinajstić information content (AvgIpc) is 2.68. The molecule has 0 fully saturated rings. The minimum absolute atomic E-state index is 0.0669. The highest BCUT2D eigenvalue weighted by atomic mass is 16.3. The lowest BCUT2D eigenvalue weighted by Gasteiger charge is -2.25. The summed E-state index contributed by atoms with van der Waals surface area (Å²) in [5.74, 6) is 0.519. The number of nitrogens with zero attached hydrogens (tertiary/aromatic N) is 2. The van der Waals surface area contributed by atoms with E-state index in [1.807, 2.05) is 0 Å². The van der Waals surface area contributed by atoms with Gasteiger partial charge in [0.05, 0.1) is 31.4 Å². The van der Waals surface area contributed by atoms with E-state index in [2.05, 4.69) is 5.32 Å². The molecule has 1 atom stereocenters. The molecule has 1 aromatic heterocycles. The molecular formula is C10H11N3O3. The van der Waals surface area contributed by atoms with E-state index in [9.17, 15) is 14.7 Å². The summed E-state index contributed by atoms with van der Waals surface area (Å²) in [5.41, 5.74) is 0.590. The van der Waals surface area contributed by atoms with E-state index in [-0.39, 0.29) is 30.7 Å². The minimum atomic E-state index is -0.328. The van der Waals surface area contributed by atoms with E-state index < -0.39 is 0 Å². The molecule has 6 nitrogen and oxygen atoms in total. The molecule has 1 aromatic rings. The van der Waals surface area contributed by atoms with Crippen LogP contribution in [-0.4, -0.2) is 35.3 Å². The highest BCUT2D eigenvalue weighted by Crippen LogP contribution is 2.35. The van der Waals surface area contributed by atoms with Gasteiger partial charge in [-0.2, -0.15) is 0 Å². The Bertz CT molecular complexity index is 523. The van der Waals surface area contributed by atoms with Crippen LogP contribution in [0.15, 0.2) is 16.9 Å². The number of hydrogen-bond acceptors (Lipinski definition) is 4. The quantitative estimate of drug-likeness (QED) is 0.648. The number of rotatable bonds is 1. The number of pyridine rings is 1. The summed E-state index contributed by atoms with van der Waals surface area (Å²) in [5, 5.41) is 12.2. The van der Waals surface area contributed by atoms with Gasteiger partial charge >= 0.3 is 0 Å². The predicted octanol–water partition coefficient (Wildman–Crippen LogP) is -0.846. The Morgan fingerprint density at radius 2 is 2.25 bits per heavy atom. The number of anilines is 2. The van der Waals surface area contributed by atoms with Crippen molar-refractivity contribution in [2.24, 2.45) is 0 Å². The number of carbonyl (C=O) groups excluding carboxylic acids is 1. The van der Waals surface area contributed by atoms with E-state index in [1.165, 1.54) is 10.6 Å². The molecule has 3 rings (SSSR count). The zero-order valence-electron chi connectivity index (χ0n) is 8.51. The molecule has 2 aliphatic rings. The lowest BCUT2D eigenvalue weighted by Crippen LogP contribution is -2.39. The fraction of sp³-hybridized carbons (Fsp3) is 0.400. The van der Waals surface area contributed by atoms with Crippen LogP contribution >= 0.6 is 0 Å². The van der Waals surface area contributed by atoms with Crippen molar-refractivity contribution < 1.29 is 9.90 Å². The van der Waals surface area contributed by atoms with Gasteiger partial charge in [-0.1, -0.05) is 0 Å². The maximum absolute atomic E-state index is 11.7. The number of amides is 1. The predicted molar refractivity (Wildman–Crippen MR) is 57.7 cm³/mol. The number of aromatic nitrogens is 1. The van der Waals surface area contributed by atoms with Crippen LogP contribution in [0.4, 0.5) is 11.5 Å². The summed E-state index contributed by atoms with van der Waals surface area (Å²) in [6.07, 6.45) is 0. The maximum Gasteiger partial charge on any atom is 0.252 e.